The van der Waals surface area contributed by atoms with Gasteiger partial charge in [-0.15, -0.1) is 0 Å². The molecule has 16 heteroatoms. The van der Waals surface area contributed by atoms with Gasteiger partial charge < -0.3 is 9.31 Å². The first-order valence-electron chi connectivity index (χ1n) is 15.9. The third-order valence-corrected chi connectivity index (χ3v) is 13.7. The van der Waals surface area contributed by atoms with Gasteiger partial charge in [0.15, 0.2) is 0 Å². The summed E-state index contributed by atoms with van der Waals surface area (Å²) in [5.41, 5.74) is 2.20. The van der Waals surface area contributed by atoms with Gasteiger partial charge in [0.1, 0.15) is 17.5 Å². The van der Waals surface area contributed by atoms with Crippen molar-refractivity contribution in [2.45, 2.75) is 66.6 Å². The van der Waals surface area contributed by atoms with Gasteiger partial charge in [0, 0.05) is 32.1 Å². The summed E-state index contributed by atoms with van der Waals surface area (Å²) in [6.45, 7) is 10.8. The monoisotopic (exact) mass is 886 g/mol. The molecule has 0 radical (unpaired) electrons. The molecular weight excluding hydrogens is 848 g/mol. The first kappa shape index (κ1) is 41.9. The van der Waals surface area contributed by atoms with Crippen molar-refractivity contribution in [2.75, 3.05) is 11.5 Å². The summed E-state index contributed by atoms with van der Waals surface area (Å²) in [4.78, 5) is 0. The molecule has 3 aromatic carbocycles. The molecule has 0 bridgehead atoms. The molecule has 2 aliphatic rings. The molecule has 1 fully saturated rings. The van der Waals surface area contributed by atoms with Gasteiger partial charge in [0.05, 0.1) is 33.7 Å². The zero-order chi connectivity index (χ0) is 37.7. The molecule has 0 saturated carbocycles. The van der Waals surface area contributed by atoms with Gasteiger partial charge in [-0.2, -0.15) is 0 Å². The average molecular weight is 888 g/mol. The van der Waals surface area contributed by atoms with Crippen LogP contribution in [0.2, 0.25) is 0 Å². The maximum Gasteiger partial charge on any atom is 0.495 e. The van der Waals surface area contributed by atoms with Crippen LogP contribution in [-0.2, 0) is 35.8 Å². The predicted octanol–water partition coefficient (Wildman–Crippen LogP) is 8.81. The van der Waals surface area contributed by atoms with Gasteiger partial charge in [-0.25, -0.2) is 38.0 Å². The first-order valence-corrected chi connectivity index (χ1v) is 20.7. The minimum absolute atomic E-state index is 0. The fourth-order valence-corrected chi connectivity index (χ4v) is 8.69. The third-order valence-electron chi connectivity index (χ3n) is 9.09. The second-order valence-electron chi connectivity index (χ2n) is 12.9. The zero-order valence-electron chi connectivity index (χ0n) is 28.7. The molecule has 0 amide bonds. The lowest BCUT2D eigenvalue weighted by Crippen LogP contribution is -2.41. The Morgan fingerprint density at radius 2 is 1.19 bits per heavy atom. The molecule has 0 unspecified atom stereocenters. The molecule has 1 aliphatic heterocycles. The number of nitrogens with zero attached hydrogens (tertiary/aromatic N) is 2. The lowest BCUT2D eigenvalue weighted by Gasteiger charge is -2.32. The zero-order valence-corrected chi connectivity index (χ0v) is 33.5. The highest BCUT2D eigenvalue weighted by Gasteiger charge is 2.52. The number of hydrogen-bond acceptors (Lipinski definition) is 6. The molecule has 280 valence electrons. The molecule has 1 saturated heterocycles. The van der Waals surface area contributed by atoms with Crippen LogP contribution in [0.5, 0.6) is 0 Å². The summed E-state index contributed by atoms with van der Waals surface area (Å²) in [5.74, 6) is -1.26. The summed E-state index contributed by atoms with van der Waals surface area (Å²) in [5, 5.41) is 1.28. The Morgan fingerprint density at radius 1 is 0.731 bits per heavy atom. The molecule has 0 N–H and O–H groups in total. The predicted molar refractivity (Wildman–Crippen MR) is 210 cm³/mol. The third kappa shape index (κ3) is 8.26. The number of rotatable bonds is 5. The number of benzene rings is 3. The lowest BCUT2D eigenvalue weighted by molar-refractivity contribution is 0.00578. The average Bonchev–Trinajstić information content (AvgIpc) is 3.82. The van der Waals surface area contributed by atoms with Crippen LogP contribution in [0.1, 0.15) is 60.1 Å². The maximum atomic E-state index is 14.2. The van der Waals surface area contributed by atoms with Crippen LogP contribution >= 0.6 is 31.9 Å². The molecule has 2 aromatic heterocycles. The summed E-state index contributed by atoms with van der Waals surface area (Å²) in [6.07, 6.45) is 7.78. The van der Waals surface area contributed by atoms with E-state index in [1.165, 1.54) is 42.7 Å². The van der Waals surface area contributed by atoms with E-state index in [1.54, 1.807) is 32.0 Å². The molecule has 0 spiro atoms. The fourth-order valence-electron chi connectivity index (χ4n) is 5.58. The standard InChI is InChI=1S/C16H21BFNO4S.C10H9BrFNO2S.C9H6BrF.CH4/c1-6-24(20,21)19-8-7-12-13(9-11(18)10-14(12)19)17-22-15(2,3)16(4,5)23-17;1-2-16(14,15)13-4-3-8-9(11)5-7(12)6-10(8)13;10-9-5-7(11)4-6-2-1-3-8(6)9;/h7-10H,6H2,1-5H3;3-6H,2H2,1H3;1,3-5H,2H2;1H4. The van der Waals surface area contributed by atoms with Gasteiger partial charge in [0.2, 0.25) is 20.0 Å². The van der Waals surface area contributed by atoms with Crippen LogP contribution in [0.3, 0.4) is 0 Å². The van der Waals surface area contributed by atoms with Crippen molar-refractivity contribution in [2.24, 2.45) is 0 Å². The van der Waals surface area contributed by atoms with E-state index < -0.39 is 50.0 Å². The molecule has 5 aromatic rings. The van der Waals surface area contributed by atoms with Gasteiger partial charge >= 0.3 is 7.12 Å². The maximum absolute atomic E-state index is 14.2. The van der Waals surface area contributed by atoms with E-state index in [4.69, 9.17) is 9.31 Å². The van der Waals surface area contributed by atoms with Crippen molar-refractivity contribution < 1.29 is 39.3 Å². The van der Waals surface area contributed by atoms with Gasteiger partial charge in [-0.3, -0.25) is 0 Å². The topological polar surface area (TPSA) is 96.6 Å². The van der Waals surface area contributed by atoms with E-state index in [0.29, 0.717) is 31.7 Å². The quantitative estimate of drug-likeness (QED) is 0.164. The Labute approximate surface area is 320 Å². The van der Waals surface area contributed by atoms with Crippen molar-refractivity contribution in [1.82, 2.24) is 7.94 Å². The number of hydrogen-bond donors (Lipinski definition) is 0. The highest BCUT2D eigenvalue weighted by molar-refractivity contribution is 9.11. The Morgan fingerprint density at radius 3 is 1.73 bits per heavy atom. The van der Waals surface area contributed by atoms with Crippen LogP contribution in [0, 0.1) is 17.5 Å². The van der Waals surface area contributed by atoms with Gasteiger partial charge in [-0.05, 0) is 129 Å². The molecule has 52 heavy (non-hydrogen) atoms. The lowest BCUT2D eigenvalue weighted by atomic mass is 9.77. The second-order valence-corrected chi connectivity index (χ2v) is 18.9. The second kappa shape index (κ2) is 15.5. The Balaban J connectivity index is 0.000000186. The van der Waals surface area contributed by atoms with Crippen molar-refractivity contribution in [3.05, 3.63) is 105 Å². The van der Waals surface area contributed by atoms with Crippen LogP contribution in [0.25, 0.3) is 27.9 Å². The number of allylic oxidation sites excluding steroid dienone is 1. The van der Waals surface area contributed by atoms with Crippen molar-refractivity contribution in [1.29, 1.82) is 0 Å². The molecule has 7 rings (SSSR count). The molecule has 3 heterocycles. The highest BCUT2D eigenvalue weighted by Crippen LogP contribution is 2.37. The van der Waals surface area contributed by atoms with E-state index in [9.17, 15) is 30.0 Å². The number of fused-ring (bicyclic) bond motifs is 3. The Kier molecular flexibility index (Phi) is 12.4. The van der Waals surface area contributed by atoms with Gasteiger partial charge in [0.25, 0.3) is 0 Å². The minimum atomic E-state index is -3.52. The van der Waals surface area contributed by atoms with Crippen molar-refractivity contribution >= 4 is 92.4 Å². The normalized spacial score (nSPS) is 15.9. The van der Waals surface area contributed by atoms with Crippen LogP contribution in [0.15, 0.2) is 75.9 Å². The SMILES string of the molecule is C.CCS(=O)(=O)n1ccc2c(B3OC(C)(C)C(C)(C)O3)cc(F)cc21.CCS(=O)(=O)n1ccc2c(Br)cc(F)cc21.Fc1cc(Br)c2c(c1)CC=C2. The minimum Gasteiger partial charge on any atom is -0.399 e. The van der Waals surface area contributed by atoms with E-state index in [0.717, 1.165) is 30.0 Å². The number of halogens is 5. The van der Waals surface area contributed by atoms with Crippen LogP contribution in [0.4, 0.5) is 13.2 Å². The molecule has 0 atom stereocenters. The Bertz CT molecular complexity index is 2380. The number of aromatic nitrogens is 2. The highest BCUT2D eigenvalue weighted by atomic mass is 79.9. The summed E-state index contributed by atoms with van der Waals surface area (Å²) in [7, 11) is -7.66. The molecule has 1 aliphatic carbocycles. The largest absolute Gasteiger partial charge is 0.495 e. The van der Waals surface area contributed by atoms with Crippen LogP contribution < -0.4 is 5.46 Å². The molecular formula is C36H40BBr2F3N2O6S2. The van der Waals surface area contributed by atoms with Crippen molar-refractivity contribution in [3.8, 4) is 0 Å². The Hall–Kier alpha value is -2.89. The van der Waals surface area contributed by atoms with Crippen LogP contribution in [-0.4, -0.2) is 54.6 Å². The van der Waals surface area contributed by atoms with Crippen molar-refractivity contribution in [3.63, 3.8) is 0 Å². The summed E-state index contributed by atoms with van der Waals surface area (Å²) >= 11 is 6.51. The fraction of sp³-hybridized carbons (Fsp3) is 0.333. The van der Waals surface area contributed by atoms with E-state index in [2.05, 4.69) is 31.9 Å². The summed E-state index contributed by atoms with van der Waals surface area (Å²) < 4.78 is 104. The molecule has 8 nitrogen and oxygen atoms in total. The van der Waals surface area contributed by atoms with Gasteiger partial charge in [-0.1, -0.05) is 35.5 Å². The summed E-state index contributed by atoms with van der Waals surface area (Å²) in [6, 6.07) is 11.5. The van der Waals surface area contributed by atoms with E-state index in [1.807, 2.05) is 39.8 Å². The van der Waals surface area contributed by atoms with E-state index >= 15 is 0 Å². The smallest absolute Gasteiger partial charge is 0.399 e. The first-order chi connectivity index (χ1) is 23.7. The van der Waals surface area contributed by atoms with E-state index in [-0.39, 0.29) is 24.7 Å².